The van der Waals surface area contributed by atoms with E-state index in [4.69, 9.17) is 0 Å². The van der Waals surface area contributed by atoms with Crippen molar-refractivity contribution in [2.24, 2.45) is 0 Å². The van der Waals surface area contributed by atoms with Gasteiger partial charge in [0.1, 0.15) is 18.3 Å². The summed E-state index contributed by atoms with van der Waals surface area (Å²) in [5, 5.41) is 57.2. The monoisotopic (exact) mass is 223 g/mol. The molecule has 0 saturated heterocycles. The summed E-state index contributed by atoms with van der Waals surface area (Å²) in [6.07, 6.45) is -7.53. The maximum Gasteiger partial charge on any atom is 0.271 e. The van der Waals surface area contributed by atoms with Crippen LogP contribution in [0.4, 0.5) is 0 Å². The van der Waals surface area contributed by atoms with Gasteiger partial charge in [0.25, 0.3) is 6.04 Å². The number of aliphatic hydroxyl groups is 5. The van der Waals surface area contributed by atoms with Gasteiger partial charge >= 0.3 is 0 Å². The Morgan fingerprint density at radius 2 is 1.60 bits per heavy atom. The van der Waals surface area contributed by atoms with Gasteiger partial charge < -0.3 is 25.5 Å². The van der Waals surface area contributed by atoms with Gasteiger partial charge in [-0.3, -0.25) is 10.1 Å². The van der Waals surface area contributed by atoms with Crippen LogP contribution in [-0.2, 0) is 0 Å². The third-order valence-corrected chi connectivity index (χ3v) is 2.77. The van der Waals surface area contributed by atoms with Gasteiger partial charge in [0.2, 0.25) is 0 Å². The molecule has 0 amide bonds. The molecule has 1 rings (SSSR count). The van der Waals surface area contributed by atoms with E-state index >= 15 is 0 Å². The topological polar surface area (TPSA) is 144 Å². The molecule has 0 aromatic heterocycles. The third-order valence-electron chi connectivity index (χ3n) is 2.77. The molecule has 1 fully saturated rings. The molecule has 0 radical (unpaired) electrons. The molecular formula is C7H13NO7. The van der Waals surface area contributed by atoms with Crippen molar-refractivity contribution in [3.63, 3.8) is 0 Å². The minimum Gasteiger partial charge on any atom is -0.387 e. The van der Waals surface area contributed by atoms with E-state index in [0.717, 1.165) is 6.92 Å². The molecule has 5 N–H and O–H groups in total. The fraction of sp³-hybridized carbons (Fsp3) is 1.00. The van der Waals surface area contributed by atoms with E-state index in [0.29, 0.717) is 0 Å². The minimum absolute atomic E-state index is 0.920. The molecule has 0 aromatic carbocycles. The van der Waals surface area contributed by atoms with E-state index in [1.807, 2.05) is 0 Å². The lowest BCUT2D eigenvalue weighted by Crippen LogP contribution is -2.71. The fourth-order valence-corrected chi connectivity index (χ4v) is 1.78. The first-order valence-corrected chi connectivity index (χ1v) is 4.29. The molecule has 0 spiro atoms. The highest BCUT2D eigenvalue weighted by atomic mass is 16.6. The van der Waals surface area contributed by atoms with E-state index < -0.39 is 41.0 Å². The van der Waals surface area contributed by atoms with Gasteiger partial charge in [-0.05, 0) is 6.92 Å². The molecule has 15 heavy (non-hydrogen) atoms. The van der Waals surface area contributed by atoms with Crippen molar-refractivity contribution in [1.29, 1.82) is 0 Å². The van der Waals surface area contributed by atoms with Crippen LogP contribution in [0.2, 0.25) is 0 Å². The average molecular weight is 223 g/mol. The standard InChI is InChI=1S/C7H13NO7/c1-7(13)5(8(14)15)3(10)2(9)4(11)6(7)12/h2-6,9-13H,1H3/t2-,3-,4-,5+,6+,7+/m1/s1. The minimum atomic E-state index is -2.30. The number of hydrogen-bond donors (Lipinski definition) is 5. The Morgan fingerprint density at radius 3 is 2.00 bits per heavy atom. The number of nitro groups is 1. The second kappa shape index (κ2) is 3.65. The van der Waals surface area contributed by atoms with Gasteiger partial charge in [0.15, 0.2) is 11.7 Å². The SMILES string of the molecule is C[C@]1(O)[C@@H]([N+](=O)[O-])[C@H](O)[C@@H](O)[C@@H](O)[C@@H]1O. The molecule has 88 valence electrons. The van der Waals surface area contributed by atoms with Crippen molar-refractivity contribution in [2.45, 2.75) is 43.0 Å². The zero-order chi connectivity index (χ0) is 12.0. The first-order chi connectivity index (χ1) is 6.71. The fourth-order valence-electron chi connectivity index (χ4n) is 1.78. The van der Waals surface area contributed by atoms with Gasteiger partial charge in [-0.2, -0.15) is 0 Å². The highest BCUT2D eigenvalue weighted by Gasteiger charge is 2.61. The number of nitrogens with zero attached hydrogens (tertiary/aromatic N) is 1. The first-order valence-electron chi connectivity index (χ1n) is 4.29. The smallest absolute Gasteiger partial charge is 0.271 e. The number of hydrogen-bond acceptors (Lipinski definition) is 7. The maximum absolute atomic E-state index is 10.6. The Labute approximate surface area is 84.5 Å². The van der Waals surface area contributed by atoms with E-state index in [1.54, 1.807) is 0 Å². The molecular weight excluding hydrogens is 210 g/mol. The highest BCUT2D eigenvalue weighted by molar-refractivity contribution is 5.06. The molecule has 8 nitrogen and oxygen atoms in total. The van der Waals surface area contributed by atoms with Crippen molar-refractivity contribution in [1.82, 2.24) is 0 Å². The van der Waals surface area contributed by atoms with Crippen molar-refractivity contribution in [2.75, 3.05) is 0 Å². The zero-order valence-corrected chi connectivity index (χ0v) is 7.89. The van der Waals surface area contributed by atoms with Gasteiger partial charge in [-0.25, -0.2) is 0 Å². The molecule has 1 aliphatic rings. The highest BCUT2D eigenvalue weighted by Crippen LogP contribution is 2.31. The molecule has 0 heterocycles. The Morgan fingerprint density at radius 1 is 1.13 bits per heavy atom. The van der Waals surface area contributed by atoms with Crippen molar-refractivity contribution >= 4 is 0 Å². The largest absolute Gasteiger partial charge is 0.387 e. The van der Waals surface area contributed by atoms with E-state index in [1.165, 1.54) is 0 Å². The maximum atomic E-state index is 10.6. The lowest BCUT2D eigenvalue weighted by Gasteiger charge is -2.43. The van der Waals surface area contributed by atoms with Crippen LogP contribution in [-0.4, -0.2) is 66.5 Å². The van der Waals surface area contributed by atoms with Gasteiger partial charge in [-0.1, -0.05) is 0 Å². The van der Waals surface area contributed by atoms with Crippen LogP contribution in [0, 0.1) is 10.1 Å². The predicted molar refractivity (Wildman–Crippen MR) is 45.4 cm³/mol. The Bertz CT molecular complexity index is 268. The molecule has 0 bridgehead atoms. The lowest BCUT2D eigenvalue weighted by atomic mass is 9.74. The summed E-state index contributed by atoms with van der Waals surface area (Å²) < 4.78 is 0. The molecule has 8 heteroatoms. The molecule has 0 aromatic rings. The van der Waals surface area contributed by atoms with Gasteiger partial charge in [0.05, 0.1) is 0 Å². The first kappa shape index (κ1) is 12.3. The van der Waals surface area contributed by atoms with Crippen LogP contribution in [0.5, 0.6) is 0 Å². The van der Waals surface area contributed by atoms with Crippen LogP contribution in [0.1, 0.15) is 6.92 Å². The zero-order valence-electron chi connectivity index (χ0n) is 7.89. The molecule has 0 aliphatic heterocycles. The van der Waals surface area contributed by atoms with Crippen molar-refractivity contribution in [3.05, 3.63) is 10.1 Å². The molecule has 6 atom stereocenters. The Kier molecular flexibility index (Phi) is 2.99. The van der Waals surface area contributed by atoms with Crippen molar-refractivity contribution < 1.29 is 30.5 Å². The summed E-state index contributed by atoms with van der Waals surface area (Å²) in [6.45, 7) is 0.920. The Balaban J connectivity index is 3.10. The normalized spacial score (nSPS) is 51.5. The van der Waals surface area contributed by atoms with Crippen LogP contribution in [0.25, 0.3) is 0 Å². The van der Waals surface area contributed by atoms with Crippen LogP contribution in [0.15, 0.2) is 0 Å². The van der Waals surface area contributed by atoms with Gasteiger partial charge in [0, 0.05) is 4.92 Å². The summed E-state index contributed by atoms with van der Waals surface area (Å²) in [6, 6.07) is -1.95. The summed E-state index contributed by atoms with van der Waals surface area (Å²) >= 11 is 0. The molecule has 1 saturated carbocycles. The van der Waals surface area contributed by atoms with Gasteiger partial charge in [-0.15, -0.1) is 0 Å². The van der Waals surface area contributed by atoms with Crippen LogP contribution < -0.4 is 0 Å². The predicted octanol–water partition coefficient (Wildman–Crippen LogP) is -3.16. The molecule has 0 unspecified atom stereocenters. The van der Waals surface area contributed by atoms with Crippen LogP contribution >= 0.6 is 0 Å². The lowest BCUT2D eigenvalue weighted by molar-refractivity contribution is -0.570. The summed E-state index contributed by atoms with van der Waals surface area (Å²) in [5.41, 5.74) is -2.30. The summed E-state index contributed by atoms with van der Waals surface area (Å²) in [5.74, 6) is 0. The van der Waals surface area contributed by atoms with E-state index in [9.17, 15) is 35.6 Å². The number of aliphatic hydroxyl groups excluding tert-OH is 4. The van der Waals surface area contributed by atoms with E-state index in [2.05, 4.69) is 0 Å². The average Bonchev–Trinajstić information content (AvgIpc) is 2.11. The van der Waals surface area contributed by atoms with Crippen LogP contribution in [0.3, 0.4) is 0 Å². The second-order valence-corrected chi connectivity index (χ2v) is 3.87. The summed E-state index contributed by atoms with van der Waals surface area (Å²) in [4.78, 5) is 9.56. The number of rotatable bonds is 1. The third kappa shape index (κ3) is 1.70. The quantitative estimate of drug-likeness (QED) is 0.233. The van der Waals surface area contributed by atoms with E-state index in [-0.39, 0.29) is 0 Å². The molecule has 1 aliphatic carbocycles. The second-order valence-electron chi connectivity index (χ2n) is 3.87. The van der Waals surface area contributed by atoms with Crippen molar-refractivity contribution in [3.8, 4) is 0 Å². The Hall–Kier alpha value is -0.800. The summed E-state index contributed by atoms with van der Waals surface area (Å²) in [7, 11) is 0.